The van der Waals surface area contributed by atoms with Crippen LogP contribution in [0.15, 0.2) is 18.5 Å². The molecule has 2 heterocycles. The van der Waals surface area contributed by atoms with Crippen molar-refractivity contribution in [2.75, 3.05) is 17.6 Å². The zero-order valence-corrected chi connectivity index (χ0v) is 10.6. The van der Waals surface area contributed by atoms with Gasteiger partial charge in [0.2, 0.25) is 0 Å². The second-order valence-corrected chi connectivity index (χ2v) is 5.65. The summed E-state index contributed by atoms with van der Waals surface area (Å²) in [7, 11) is 0. The van der Waals surface area contributed by atoms with Crippen molar-refractivity contribution in [3.05, 3.63) is 24.0 Å². The number of thioether (sulfide) groups is 1. The minimum atomic E-state index is 0.420. The maximum atomic E-state index is 5.66. The molecular formula is C11H15N3S2. The minimum absolute atomic E-state index is 0.420. The molecule has 3 N–H and O–H groups in total. The highest BCUT2D eigenvalue weighted by atomic mass is 32.2. The summed E-state index contributed by atoms with van der Waals surface area (Å²) in [6.07, 6.45) is 6.12. The lowest BCUT2D eigenvalue weighted by molar-refractivity contribution is 0.805. The average Bonchev–Trinajstić information content (AvgIpc) is 2.79. The van der Waals surface area contributed by atoms with Crippen molar-refractivity contribution in [2.45, 2.75) is 18.1 Å². The third-order valence-corrected chi connectivity index (χ3v) is 4.25. The SMILES string of the molecule is NC(=S)c1ccncc1NCC1CCCS1. The zero-order valence-electron chi connectivity index (χ0n) is 8.98. The first-order valence-electron chi connectivity index (χ1n) is 5.36. The molecule has 0 saturated carbocycles. The van der Waals surface area contributed by atoms with E-state index in [1.165, 1.54) is 18.6 Å². The van der Waals surface area contributed by atoms with Crippen molar-refractivity contribution >= 4 is 34.7 Å². The van der Waals surface area contributed by atoms with E-state index in [0.29, 0.717) is 10.2 Å². The Bertz CT molecular complexity index is 375. The van der Waals surface area contributed by atoms with Gasteiger partial charge in [-0.3, -0.25) is 4.98 Å². The van der Waals surface area contributed by atoms with Crippen molar-refractivity contribution < 1.29 is 0 Å². The van der Waals surface area contributed by atoms with Crippen LogP contribution >= 0.6 is 24.0 Å². The average molecular weight is 253 g/mol. The molecule has 1 unspecified atom stereocenters. The summed E-state index contributed by atoms with van der Waals surface area (Å²) < 4.78 is 0. The van der Waals surface area contributed by atoms with E-state index in [1.54, 1.807) is 12.4 Å². The second kappa shape index (κ2) is 5.50. The molecular weight excluding hydrogens is 238 g/mol. The van der Waals surface area contributed by atoms with Gasteiger partial charge in [-0.2, -0.15) is 11.8 Å². The normalized spacial score (nSPS) is 19.6. The molecule has 0 bridgehead atoms. The maximum Gasteiger partial charge on any atom is 0.106 e. The summed E-state index contributed by atoms with van der Waals surface area (Å²) in [6.45, 7) is 0.964. The molecule has 1 aliphatic heterocycles. The van der Waals surface area contributed by atoms with E-state index in [0.717, 1.165) is 17.8 Å². The molecule has 1 aromatic heterocycles. The highest BCUT2D eigenvalue weighted by Crippen LogP contribution is 2.26. The Balaban J connectivity index is 2.00. The molecule has 3 nitrogen and oxygen atoms in total. The highest BCUT2D eigenvalue weighted by molar-refractivity contribution is 8.00. The van der Waals surface area contributed by atoms with Crippen LogP contribution in [-0.2, 0) is 0 Å². The zero-order chi connectivity index (χ0) is 11.4. The van der Waals surface area contributed by atoms with E-state index in [9.17, 15) is 0 Å². The van der Waals surface area contributed by atoms with Crippen LogP contribution in [0.5, 0.6) is 0 Å². The van der Waals surface area contributed by atoms with Gasteiger partial charge in [0.15, 0.2) is 0 Å². The third kappa shape index (κ3) is 2.86. The number of nitrogens with one attached hydrogen (secondary N) is 1. The van der Waals surface area contributed by atoms with Crippen molar-refractivity contribution in [1.82, 2.24) is 4.98 Å². The van der Waals surface area contributed by atoms with E-state index < -0.39 is 0 Å². The van der Waals surface area contributed by atoms with E-state index in [1.807, 2.05) is 17.8 Å². The summed E-state index contributed by atoms with van der Waals surface area (Å²) in [6, 6.07) is 1.85. The first-order valence-corrected chi connectivity index (χ1v) is 6.82. The van der Waals surface area contributed by atoms with Crippen LogP contribution in [0.3, 0.4) is 0 Å². The molecule has 1 atom stereocenters. The number of rotatable bonds is 4. The fourth-order valence-electron chi connectivity index (χ4n) is 1.78. The number of anilines is 1. The van der Waals surface area contributed by atoms with Crippen LogP contribution in [0.2, 0.25) is 0 Å². The first-order chi connectivity index (χ1) is 7.77. The van der Waals surface area contributed by atoms with E-state index in [-0.39, 0.29) is 0 Å². The van der Waals surface area contributed by atoms with Crippen LogP contribution in [0.4, 0.5) is 5.69 Å². The predicted octanol–water partition coefficient (Wildman–Crippen LogP) is 2.02. The molecule has 1 saturated heterocycles. The summed E-state index contributed by atoms with van der Waals surface area (Å²) >= 11 is 7.03. The fraction of sp³-hybridized carbons (Fsp3) is 0.455. The van der Waals surface area contributed by atoms with Crippen LogP contribution in [0.25, 0.3) is 0 Å². The highest BCUT2D eigenvalue weighted by Gasteiger charge is 2.15. The van der Waals surface area contributed by atoms with Crippen LogP contribution in [0, 0.1) is 0 Å². The number of aromatic nitrogens is 1. The van der Waals surface area contributed by atoms with Gasteiger partial charge in [-0.25, -0.2) is 0 Å². The van der Waals surface area contributed by atoms with Gasteiger partial charge in [0.05, 0.1) is 11.9 Å². The molecule has 1 aliphatic rings. The van der Waals surface area contributed by atoms with Gasteiger partial charge in [0, 0.05) is 23.6 Å². The molecule has 0 aliphatic carbocycles. The maximum absolute atomic E-state index is 5.66. The smallest absolute Gasteiger partial charge is 0.106 e. The van der Waals surface area contributed by atoms with Crippen molar-refractivity contribution in [1.29, 1.82) is 0 Å². The summed E-state index contributed by atoms with van der Waals surface area (Å²) in [5.41, 5.74) is 7.49. The Hall–Kier alpha value is -0.810. The minimum Gasteiger partial charge on any atom is -0.389 e. The molecule has 0 amide bonds. The Morgan fingerprint density at radius 3 is 3.25 bits per heavy atom. The number of hydrogen-bond acceptors (Lipinski definition) is 4. The Kier molecular flexibility index (Phi) is 4.01. The largest absolute Gasteiger partial charge is 0.389 e. The number of nitrogens with two attached hydrogens (primary N) is 1. The molecule has 0 aromatic carbocycles. The number of pyridine rings is 1. The van der Waals surface area contributed by atoms with Crippen LogP contribution < -0.4 is 11.1 Å². The standard InChI is InChI=1S/C11H15N3S2/c12-11(15)9-3-4-13-7-10(9)14-6-8-2-1-5-16-8/h3-4,7-8,14H,1-2,5-6H2,(H2,12,15). The van der Waals surface area contributed by atoms with Crippen molar-refractivity contribution in [3.8, 4) is 0 Å². The topological polar surface area (TPSA) is 50.9 Å². The lowest BCUT2D eigenvalue weighted by Gasteiger charge is -2.13. The molecule has 5 heteroatoms. The van der Waals surface area contributed by atoms with Gasteiger partial charge < -0.3 is 11.1 Å². The van der Waals surface area contributed by atoms with Gasteiger partial charge in [0.25, 0.3) is 0 Å². The van der Waals surface area contributed by atoms with Gasteiger partial charge >= 0.3 is 0 Å². The van der Waals surface area contributed by atoms with Gasteiger partial charge in [-0.1, -0.05) is 12.2 Å². The first kappa shape index (κ1) is 11.7. The van der Waals surface area contributed by atoms with Gasteiger partial charge in [-0.05, 0) is 24.7 Å². The molecule has 86 valence electrons. The monoisotopic (exact) mass is 253 g/mol. The Morgan fingerprint density at radius 2 is 2.56 bits per heavy atom. The summed E-state index contributed by atoms with van der Waals surface area (Å²) in [4.78, 5) is 4.51. The van der Waals surface area contributed by atoms with Gasteiger partial charge in [0.1, 0.15) is 4.99 Å². The van der Waals surface area contributed by atoms with Crippen LogP contribution in [0.1, 0.15) is 18.4 Å². The second-order valence-electron chi connectivity index (χ2n) is 3.80. The van der Waals surface area contributed by atoms with Crippen molar-refractivity contribution in [3.63, 3.8) is 0 Å². The number of hydrogen-bond donors (Lipinski definition) is 2. The third-order valence-electron chi connectivity index (χ3n) is 2.63. The van der Waals surface area contributed by atoms with E-state index in [2.05, 4.69) is 10.3 Å². The summed E-state index contributed by atoms with van der Waals surface area (Å²) in [5.74, 6) is 1.28. The van der Waals surface area contributed by atoms with Crippen molar-refractivity contribution in [2.24, 2.45) is 5.73 Å². The quantitative estimate of drug-likeness (QED) is 0.804. The lowest BCUT2D eigenvalue weighted by Crippen LogP contribution is -2.18. The lowest BCUT2D eigenvalue weighted by atomic mass is 10.2. The number of thiocarbonyl (C=S) groups is 1. The molecule has 16 heavy (non-hydrogen) atoms. The van der Waals surface area contributed by atoms with Gasteiger partial charge in [-0.15, -0.1) is 0 Å². The van der Waals surface area contributed by atoms with E-state index in [4.69, 9.17) is 18.0 Å². The molecule has 2 rings (SSSR count). The predicted molar refractivity (Wildman–Crippen MR) is 74.1 cm³/mol. The Morgan fingerprint density at radius 1 is 1.69 bits per heavy atom. The molecule has 1 aromatic rings. The number of nitrogens with zero attached hydrogens (tertiary/aromatic N) is 1. The molecule has 0 spiro atoms. The fourth-order valence-corrected chi connectivity index (χ4v) is 3.16. The van der Waals surface area contributed by atoms with E-state index >= 15 is 0 Å². The Labute approximate surface area is 105 Å². The molecule has 0 radical (unpaired) electrons. The van der Waals surface area contributed by atoms with Crippen LogP contribution in [-0.4, -0.2) is 27.5 Å². The molecule has 1 fully saturated rings. The summed E-state index contributed by atoms with van der Waals surface area (Å²) in [5, 5.41) is 4.09.